The summed E-state index contributed by atoms with van der Waals surface area (Å²) in [6.45, 7) is 1.97. The standard InChI is InChI=1S/C31H29Cl2FN3O2.Cd/c32-24-9-7-20(31(39)35-11-12-38)14-23(24)19-8-10-27(28(15-19)37-16-21-13-22(21)17-37)36-30(18-3-1-4-18)29-25(33)5-2-6-26(29)34;/h2,5-10,14-15,21-22,38H,1,3-4,11-13,16-17H2,(H,35,39);/q-1;. The minimum atomic E-state index is -0.371. The average molecular weight is 678 g/mol. The summed E-state index contributed by atoms with van der Waals surface area (Å²) in [6, 6.07) is 15.9. The van der Waals surface area contributed by atoms with Crippen molar-refractivity contribution in [3.8, 4) is 11.1 Å². The monoisotopic (exact) mass is 678 g/mol. The van der Waals surface area contributed by atoms with Crippen LogP contribution >= 0.6 is 23.2 Å². The van der Waals surface area contributed by atoms with Crippen molar-refractivity contribution < 1.29 is 41.6 Å². The Morgan fingerprint density at radius 1 is 1.05 bits per heavy atom. The van der Waals surface area contributed by atoms with Crippen LogP contribution in [0.5, 0.6) is 0 Å². The zero-order valence-corrected chi connectivity index (χ0v) is 27.6. The number of allylic oxidation sites excluding steroid dienone is 1. The molecule has 2 N–H and O–H groups in total. The zero-order valence-electron chi connectivity index (χ0n) is 22.1. The SMILES string of the molecule is O=C(NCCO)c1ccc(Cl)c(-c2ccc([N-]C(=C3CCC3)c3c(F)cccc3Cl)c(N3CC4CC4C3)c2)c1.[Cd]. The Morgan fingerprint density at radius 2 is 1.82 bits per heavy atom. The van der Waals surface area contributed by atoms with Gasteiger partial charge in [-0.1, -0.05) is 47.0 Å². The normalized spacial score (nSPS) is 18.9. The van der Waals surface area contributed by atoms with Gasteiger partial charge in [0.15, 0.2) is 0 Å². The fourth-order valence-corrected chi connectivity index (χ4v) is 6.02. The largest absolute Gasteiger partial charge is 0.656 e. The van der Waals surface area contributed by atoms with Gasteiger partial charge in [0.05, 0.1) is 6.61 Å². The van der Waals surface area contributed by atoms with Crippen molar-refractivity contribution >= 4 is 46.2 Å². The molecule has 3 aromatic rings. The number of aliphatic hydroxyl groups is 1. The smallest absolute Gasteiger partial charge is 0.251 e. The quantitative estimate of drug-likeness (QED) is 0.242. The number of carbonyl (C=O) groups excluding carboxylic acids is 1. The van der Waals surface area contributed by atoms with E-state index < -0.39 is 0 Å². The first-order chi connectivity index (χ1) is 18.9. The van der Waals surface area contributed by atoms with Crippen LogP contribution in [0.25, 0.3) is 22.1 Å². The van der Waals surface area contributed by atoms with Crippen LogP contribution in [0.2, 0.25) is 10.0 Å². The van der Waals surface area contributed by atoms with E-state index in [1.54, 1.807) is 30.3 Å². The maximum absolute atomic E-state index is 15.0. The van der Waals surface area contributed by atoms with Crippen LogP contribution in [0.3, 0.4) is 0 Å². The summed E-state index contributed by atoms with van der Waals surface area (Å²) in [5.41, 5.74) is 5.91. The van der Waals surface area contributed by atoms with Gasteiger partial charge in [-0.15, -0.1) is 11.4 Å². The number of aliphatic hydroxyl groups excluding tert-OH is 1. The minimum absolute atomic E-state index is 0. The molecule has 6 rings (SSSR count). The van der Waals surface area contributed by atoms with Gasteiger partial charge in [0, 0.05) is 79.4 Å². The molecule has 2 saturated carbocycles. The zero-order chi connectivity index (χ0) is 27.1. The summed E-state index contributed by atoms with van der Waals surface area (Å²) in [5.74, 6) is 0.763. The summed E-state index contributed by atoms with van der Waals surface area (Å²) in [6.07, 6.45) is 4.08. The number of benzene rings is 3. The average Bonchev–Trinajstić information content (AvgIpc) is 3.51. The van der Waals surface area contributed by atoms with Crippen molar-refractivity contribution in [2.24, 2.45) is 11.8 Å². The number of rotatable bonds is 8. The second-order valence-electron chi connectivity index (χ2n) is 10.6. The maximum Gasteiger partial charge on any atom is 0.251 e. The molecule has 2 unspecified atom stereocenters. The van der Waals surface area contributed by atoms with E-state index in [9.17, 15) is 4.79 Å². The number of nitrogens with one attached hydrogen (secondary N) is 1. The van der Waals surface area contributed by atoms with E-state index in [4.69, 9.17) is 33.6 Å². The summed E-state index contributed by atoms with van der Waals surface area (Å²) in [5, 5.41) is 17.7. The fourth-order valence-electron chi connectivity index (χ4n) is 5.54. The Hall–Kier alpha value is -2.14. The molecule has 2 atom stereocenters. The van der Waals surface area contributed by atoms with Gasteiger partial charge in [-0.3, -0.25) is 4.79 Å². The molecule has 0 bridgehead atoms. The number of nitrogens with zero attached hydrogens (tertiary/aromatic N) is 2. The van der Waals surface area contributed by atoms with E-state index in [1.165, 1.54) is 12.5 Å². The molecule has 1 aliphatic heterocycles. The third-order valence-electron chi connectivity index (χ3n) is 7.96. The summed E-state index contributed by atoms with van der Waals surface area (Å²) < 4.78 is 15.0. The molecule has 2 aliphatic carbocycles. The maximum atomic E-state index is 15.0. The molecule has 0 radical (unpaired) electrons. The molecule has 204 valence electrons. The van der Waals surface area contributed by atoms with Crippen LogP contribution in [0.1, 0.15) is 41.6 Å². The van der Waals surface area contributed by atoms with Gasteiger partial charge in [-0.25, -0.2) is 4.39 Å². The number of piperidine rings is 1. The molecule has 5 nitrogen and oxygen atoms in total. The number of hydrogen-bond donors (Lipinski definition) is 2. The van der Waals surface area contributed by atoms with Crippen molar-refractivity contribution in [2.45, 2.75) is 25.7 Å². The van der Waals surface area contributed by atoms with E-state index in [1.807, 2.05) is 12.1 Å². The predicted molar refractivity (Wildman–Crippen MR) is 155 cm³/mol. The Morgan fingerprint density at radius 3 is 2.50 bits per heavy atom. The van der Waals surface area contributed by atoms with E-state index in [0.717, 1.165) is 60.4 Å². The van der Waals surface area contributed by atoms with E-state index >= 15 is 4.39 Å². The Labute approximate surface area is 263 Å². The number of amides is 1. The fraction of sp³-hybridized carbons (Fsp3) is 0.323. The topological polar surface area (TPSA) is 66.7 Å². The second kappa shape index (κ2) is 12.4. The van der Waals surface area contributed by atoms with Crippen LogP contribution in [0, 0.1) is 17.7 Å². The van der Waals surface area contributed by atoms with E-state index in [-0.39, 0.29) is 52.2 Å². The molecular weight excluding hydrogens is 649 g/mol. The first kappa shape index (κ1) is 29.4. The van der Waals surface area contributed by atoms with Gasteiger partial charge in [-0.05, 0) is 79.5 Å². The third kappa shape index (κ3) is 5.91. The van der Waals surface area contributed by atoms with Crippen LogP contribution in [0.15, 0.2) is 60.2 Å². The van der Waals surface area contributed by atoms with Crippen LogP contribution in [-0.2, 0) is 27.3 Å². The molecular formula is C31H29CdCl2FN3O2-. The number of anilines is 1. The van der Waals surface area contributed by atoms with Gasteiger partial charge >= 0.3 is 0 Å². The van der Waals surface area contributed by atoms with Crippen LogP contribution in [-0.4, -0.2) is 37.3 Å². The molecule has 9 heteroatoms. The van der Waals surface area contributed by atoms with Gasteiger partial charge in [0.2, 0.25) is 0 Å². The van der Waals surface area contributed by atoms with Crippen molar-refractivity contribution in [3.63, 3.8) is 0 Å². The first-order valence-electron chi connectivity index (χ1n) is 13.4. The molecule has 0 spiro atoms. The Kier molecular flexibility index (Phi) is 9.09. The molecule has 3 aliphatic rings. The molecule has 40 heavy (non-hydrogen) atoms. The summed E-state index contributed by atoms with van der Waals surface area (Å²) >= 11 is 13.1. The van der Waals surface area contributed by atoms with Gasteiger partial charge in [0.1, 0.15) is 5.82 Å². The molecule has 1 heterocycles. The Balaban J connectivity index is 0.00000323. The van der Waals surface area contributed by atoms with Crippen molar-refractivity contribution in [1.82, 2.24) is 5.32 Å². The summed E-state index contributed by atoms with van der Waals surface area (Å²) in [4.78, 5) is 14.9. The molecule has 1 saturated heterocycles. The molecule has 0 aromatic heterocycles. The van der Waals surface area contributed by atoms with Crippen LogP contribution < -0.4 is 10.2 Å². The molecule has 3 aromatic carbocycles. The number of carbonyl (C=O) groups is 1. The van der Waals surface area contributed by atoms with Crippen molar-refractivity contribution in [2.75, 3.05) is 31.1 Å². The van der Waals surface area contributed by atoms with E-state index in [2.05, 4.69) is 16.3 Å². The molecule has 1 amide bonds. The number of halogens is 3. The Bertz CT molecular complexity index is 1440. The second-order valence-corrected chi connectivity index (χ2v) is 11.4. The molecule has 3 fully saturated rings. The predicted octanol–water partition coefficient (Wildman–Crippen LogP) is 7.58. The van der Waals surface area contributed by atoms with Gasteiger partial charge in [0.25, 0.3) is 5.91 Å². The number of hydrogen-bond acceptors (Lipinski definition) is 3. The third-order valence-corrected chi connectivity index (χ3v) is 8.60. The van der Waals surface area contributed by atoms with Gasteiger partial charge < -0.3 is 20.6 Å². The van der Waals surface area contributed by atoms with Crippen molar-refractivity contribution in [3.05, 3.63) is 92.5 Å². The van der Waals surface area contributed by atoms with Crippen LogP contribution in [0.4, 0.5) is 15.8 Å². The van der Waals surface area contributed by atoms with E-state index in [0.29, 0.717) is 38.7 Å². The minimum Gasteiger partial charge on any atom is -0.656 e. The van der Waals surface area contributed by atoms with Crippen molar-refractivity contribution in [1.29, 1.82) is 0 Å². The summed E-state index contributed by atoms with van der Waals surface area (Å²) in [7, 11) is 0. The van der Waals surface area contributed by atoms with Gasteiger partial charge in [-0.2, -0.15) is 0 Å². The first-order valence-corrected chi connectivity index (χ1v) is 14.1. The number of fused-ring (bicyclic) bond motifs is 1.